The van der Waals surface area contributed by atoms with Crippen LogP contribution < -0.4 is 5.32 Å². The molecule has 4 nitrogen and oxygen atoms in total. The van der Waals surface area contributed by atoms with E-state index >= 15 is 0 Å². The van der Waals surface area contributed by atoms with Gasteiger partial charge in [0.25, 0.3) is 0 Å². The van der Waals surface area contributed by atoms with Crippen LogP contribution in [0.2, 0.25) is 0 Å². The Morgan fingerprint density at radius 3 is 2.29 bits per heavy atom. The number of alkyl halides is 3. The van der Waals surface area contributed by atoms with Crippen LogP contribution in [0.15, 0.2) is 0 Å². The van der Waals surface area contributed by atoms with Crippen molar-refractivity contribution in [3.05, 3.63) is 0 Å². The van der Waals surface area contributed by atoms with E-state index in [-0.39, 0.29) is 24.8 Å². The maximum atomic E-state index is 12.5. The van der Waals surface area contributed by atoms with E-state index in [1.807, 2.05) is 0 Å². The maximum absolute atomic E-state index is 12.5. The molecule has 2 fully saturated rings. The number of piperazine rings is 1. The van der Waals surface area contributed by atoms with Crippen molar-refractivity contribution in [1.29, 1.82) is 0 Å². The van der Waals surface area contributed by atoms with E-state index < -0.39 is 23.7 Å². The van der Waals surface area contributed by atoms with Crippen LogP contribution in [-0.4, -0.2) is 40.5 Å². The number of hydrogen-bond acceptors (Lipinski definition) is 2. The molecule has 0 aromatic rings. The maximum Gasteiger partial charge on any atom is 0.389 e. The molecule has 1 saturated carbocycles. The summed E-state index contributed by atoms with van der Waals surface area (Å²) in [7, 11) is 0. The molecule has 0 unspecified atom stereocenters. The second-order valence-corrected chi connectivity index (χ2v) is 6.49. The molecule has 2 aliphatic rings. The Bertz CT molecular complexity index is 440. The number of carbonyl (C=O) groups is 2. The summed E-state index contributed by atoms with van der Waals surface area (Å²) < 4.78 is 37.0. The first-order chi connectivity index (χ1) is 9.58. The van der Waals surface area contributed by atoms with Gasteiger partial charge in [0, 0.05) is 13.0 Å². The van der Waals surface area contributed by atoms with Crippen LogP contribution in [0.4, 0.5) is 13.2 Å². The average molecular weight is 306 g/mol. The SMILES string of the molecule is CC1(C)NC(=O)C2(CCCC2)N(CCCC(F)(F)F)C1=O. The van der Waals surface area contributed by atoms with E-state index in [4.69, 9.17) is 0 Å². The van der Waals surface area contributed by atoms with Gasteiger partial charge in [-0.25, -0.2) is 0 Å². The molecule has 1 saturated heterocycles. The molecule has 2 rings (SSSR count). The van der Waals surface area contributed by atoms with Gasteiger partial charge in [0.1, 0.15) is 11.1 Å². The smallest absolute Gasteiger partial charge is 0.340 e. The number of nitrogens with one attached hydrogen (secondary N) is 1. The number of halogens is 3. The van der Waals surface area contributed by atoms with Crippen molar-refractivity contribution in [2.24, 2.45) is 0 Å². The van der Waals surface area contributed by atoms with Crippen molar-refractivity contribution in [2.75, 3.05) is 6.54 Å². The van der Waals surface area contributed by atoms with Crippen molar-refractivity contribution in [3.63, 3.8) is 0 Å². The molecule has 1 aliphatic carbocycles. The molecule has 1 aliphatic heterocycles. The number of amides is 2. The summed E-state index contributed by atoms with van der Waals surface area (Å²) in [5.74, 6) is -0.511. The Kier molecular flexibility index (Phi) is 3.97. The fraction of sp³-hybridized carbons (Fsp3) is 0.857. The molecule has 7 heteroatoms. The van der Waals surface area contributed by atoms with Gasteiger partial charge in [0.15, 0.2) is 0 Å². The van der Waals surface area contributed by atoms with Crippen molar-refractivity contribution in [2.45, 2.75) is 69.6 Å². The molecule has 1 heterocycles. The lowest BCUT2D eigenvalue weighted by Gasteiger charge is -2.49. The molecule has 0 bridgehead atoms. The highest BCUT2D eigenvalue weighted by Gasteiger charge is 2.56. The van der Waals surface area contributed by atoms with E-state index in [1.54, 1.807) is 13.8 Å². The highest BCUT2D eigenvalue weighted by Crippen LogP contribution is 2.40. The highest BCUT2D eigenvalue weighted by atomic mass is 19.4. The summed E-state index contributed by atoms with van der Waals surface area (Å²) in [4.78, 5) is 26.4. The van der Waals surface area contributed by atoms with E-state index in [9.17, 15) is 22.8 Å². The van der Waals surface area contributed by atoms with Crippen LogP contribution in [0.1, 0.15) is 52.4 Å². The van der Waals surface area contributed by atoms with Gasteiger partial charge in [-0.15, -0.1) is 0 Å². The summed E-state index contributed by atoms with van der Waals surface area (Å²) in [5, 5.41) is 2.72. The lowest BCUT2D eigenvalue weighted by atomic mass is 9.85. The second kappa shape index (κ2) is 5.18. The first-order valence-electron chi connectivity index (χ1n) is 7.30. The summed E-state index contributed by atoms with van der Waals surface area (Å²) in [6.45, 7) is 3.16. The van der Waals surface area contributed by atoms with E-state index in [0.29, 0.717) is 12.8 Å². The van der Waals surface area contributed by atoms with Gasteiger partial charge in [0.2, 0.25) is 11.8 Å². The van der Waals surface area contributed by atoms with Gasteiger partial charge in [0.05, 0.1) is 0 Å². The Morgan fingerprint density at radius 1 is 1.19 bits per heavy atom. The fourth-order valence-electron chi connectivity index (χ4n) is 3.32. The normalized spacial score (nSPS) is 24.5. The number of hydrogen-bond donors (Lipinski definition) is 1. The predicted octanol–water partition coefficient (Wildman–Crippen LogP) is 2.38. The van der Waals surface area contributed by atoms with Crippen molar-refractivity contribution in [1.82, 2.24) is 10.2 Å². The third kappa shape index (κ3) is 3.01. The van der Waals surface area contributed by atoms with Gasteiger partial charge in [-0.05, 0) is 33.1 Å². The molecule has 1 N–H and O–H groups in total. The first-order valence-corrected chi connectivity index (χ1v) is 7.30. The molecule has 1 spiro atoms. The first kappa shape index (κ1) is 16.1. The standard InChI is InChI=1S/C14H21F3N2O2/c1-12(2)11(21)19(9-5-8-14(15,16)17)13(10(20)18-12)6-3-4-7-13/h3-9H2,1-2H3,(H,18,20). The Labute approximate surface area is 122 Å². The number of nitrogens with zero attached hydrogens (tertiary/aromatic N) is 1. The van der Waals surface area contributed by atoms with E-state index in [1.165, 1.54) is 4.90 Å². The second-order valence-electron chi connectivity index (χ2n) is 6.49. The van der Waals surface area contributed by atoms with E-state index in [2.05, 4.69) is 5.32 Å². The van der Waals surface area contributed by atoms with Crippen LogP contribution in [0, 0.1) is 0 Å². The molecular weight excluding hydrogens is 285 g/mol. The quantitative estimate of drug-likeness (QED) is 0.870. The zero-order valence-corrected chi connectivity index (χ0v) is 12.3. The minimum Gasteiger partial charge on any atom is -0.340 e. The molecule has 2 amide bonds. The summed E-state index contributed by atoms with van der Waals surface area (Å²) in [6, 6.07) is 0. The minimum atomic E-state index is -4.24. The Balaban J connectivity index is 2.18. The van der Waals surface area contributed by atoms with Gasteiger partial charge in [-0.3, -0.25) is 9.59 Å². The third-order valence-corrected chi connectivity index (χ3v) is 4.42. The molecule has 0 atom stereocenters. The average Bonchev–Trinajstić information content (AvgIpc) is 2.80. The Hall–Kier alpha value is -1.27. The zero-order chi connectivity index (χ0) is 15.9. The topological polar surface area (TPSA) is 49.4 Å². The Morgan fingerprint density at radius 2 is 1.76 bits per heavy atom. The predicted molar refractivity (Wildman–Crippen MR) is 70.4 cm³/mol. The van der Waals surface area contributed by atoms with Crippen molar-refractivity contribution < 1.29 is 22.8 Å². The minimum absolute atomic E-state index is 0.0187. The van der Waals surface area contributed by atoms with Crippen LogP contribution in [-0.2, 0) is 9.59 Å². The number of rotatable bonds is 3. The largest absolute Gasteiger partial charge is 0.389 e. The fourth-order valence-corrected chi connectivity index (χ4v) is 3.32. The highest BCUT2D eigenvalue weighted by molar-refractivity contribution is 6.02. The lowest BCUT2D eigenvalue weighted by Crippen LogP contribution is -2.73. The van der Waals surface area contributed by atoms with Gasteiger partial charge in [-0.1, -0.05) is 12.8 Å². The van der Waals surface area contributed by atoms with Gasteiger partial charge in [-0.2, -0.15) is 13.2 Å². The zero-order valence-electron chi connectivity index (χ0n) is 12.3. The van der Waals surface area contributed by atoms with E-state index in [0.717, 1.165) is 12.8 Å². The monoisotopic (exact) mass is 306 g/mol. The van der Waals surface area contributed by atoms with Crippen molar-refractivity contribution >= 4 is 11.8 Å². The lowest BCUT2D eigenvalue weighted by molar-refractivity contribution is -0.163. The number of carbonyl (C=O) groups excluding carboxylic acids is 2. The summed E-state index contributed by atoms with van der Waals surface area (Å²) in [6.07, 6.45) is -2.64. The molecular formula is C14H21F3N2O2. The molecule has 0 aromatic heterocycles. The molecule has 120 valence electrons. The molecule has 21 heavy (non-hydrogen) atoms. The molecule has 0 aromatic carbocycles. The van der Waals surface area contributed by atoms with Crippen LogP contribution in [0.3, 0.4) is 0 Å². The summed E-state index contributed by atoms with van der Waals surface area (Å²) in [5.41, 5.74) is -1.98. The van der Waals surface area contributed by atoms with Crippen LogP contribution in [0.5, 0.6) is 0 Å². The van der Waals surface area contributed by atoms with Crippen molar-refractivity contribution in [3.8, 4) is 0 Å². The summed E-state index contributed by atoms with van der Waals surface area (Å²) >= 11 is 0. The van der Waals surface area contributed by atoms with Gasteiger partial charge >= 0.3 is 6.18 Å². The van der Waals surface area contributed by atoms with Gasteiger partial charge < -0.3 is 10.2 Å². The molecule has 0 radical (unpaired) electrons. The van der Waals surface area contributed by atoms with Crippen LogP contribution >= 0.6 is 0 Å². The third-order valence-electron chi connectivity index (χ3n) is 4.42. The van der Waals surface area contributed by atoms with Crippen LogP contribution in [0.25, 0.3) is 0 Å².